The molecule has 118 valence electrons. The lowest BCUT2D eigenvalue weighted by Crippen LogP contribution is -2.45. The van der Waals surface area contributed by atoms with Gasteiger partial charge in [0.1, 0.15) is 18.3 Å². The lowest BCUT2D eigenvalue weighted by molar-refractivity contribution is -0.155. The van der Waals surface area contributed by atoms with Gasteiger partial charge in [0.15, 0.2) is 6.61 Å². The zero-order chi connectivity index (χ0) is 15.5. The molecule has 0 aromatic rings. The summed E-state index contributed by atoms with van der Waals surface area (Å²) in [4.78, 5) is 22.7. The molecule has 0 amide bonds. The summed E-state index contributed by atoms with van der Waals surface area (Å²) in [6.45, 7) is 0.593. The van der Waals surface area contributed by atoms with Crippen molar-refractivity contribution in [3.63, 3.8) is 0 Å². The quantitative estimate of drug-likeness (QED) is 0.288. The largest absolute Gasteiger partial charge is 0.458 e. The van der Waals surface area contributed by atoms with E-state index < -0.39 is 43.3 Å². The molecule has 0 bridgehead atoms. The fraction of sp³-hybridized carbons (Fsp3) is 0.846. The first-order valence-corrected chi connectivity index (χ1v) is 6.77. The average molecular weight is 292 g/mol. The number of esters is 1. The van der Waals surface area contributed by atoms with Crippen molar-refractivity contribution in [2.75, 3.05) is 13.2 Å². The molecule has 0 fully saturated rings. The van der Waals surface area contributed by atoms with Crippen molar-refractivity contribution in [1.82, 2.24) is 0 Å². The van der Waals surface area contributed by atoms with Gasteiger partial charge in [-0.1, -0.05) is 26.2 Å². The zero-order valence-electron chi connectivity index (χ0n) is 11.7. The maximum absolute atomic E-state index is 11.4. The Balaban J connectivity index is 3.94. The molecule has 7 heteroatoms. The Bertz CT molecular complexity index is 292. The van der Waals surface area contributed by atoms with E-state index in [1.54, 1.807) is 0 Å². The van der Waals surface area contributed by atoms with Gasteiger partial charge in [-0.3, -0.25) is 9.59 Å². The number of aliphatic hydroxyl groups is 4. The number of ether oxygens (including phenoxy) is 1. The first kappa shape index (κ1) is 19.0. The van der Waals surface area contributed by atoms with E-state index in [9.17, 15) is 19.8 Å². The zero-order valence-corrected chi connectivity index (χ0v) is 11.7. The van der Waals surface area contributed by atoms with Gasteiger partial charge in [-0.05, 0) is 6.42 Å². The monoisotopic (exact) mass is 292 g/mol. The summed E-state index contributed by atoms with van der Waals surface area (Å²) >= 11 is 0. The average Bonchev–Trinajstić information content (AvgIpc) is 2.46. The molecule has 20 heavy (non-hydrogen) atoms. The number of hydrogen-bond donors (Lipinski definition) is 4. The van der Waals surface area contributed by atoms with Crippen LogP contribution in [-0.2, 0) is 14.3 Å². The van der Waals surface area contributed by atoms with Gasteiger partial charge in [-0.25, -0.2) is 0 Å². The Morgan fingerprint density at radius 1 is 1.10 bits per heavy atom. The molecular weight excluding hydrogens is 268 g/mol. The van der Waals surface area contributed by atoms with Gasteiger partial charge in [-0.15, -0.1) is 0 Å². The van der Waals surface area contributed by atoms with Crippen LogP contribution in [0.4, 0.5) is 0 Å². The summed E-state index contributed by atoms with van der Waals surface area (Å²) < 4.78 is 4.66. The highest BCUT2D eigenvalue weighted by Gasteiger charge is 2.30. The van der Waals surface area contributed by atoms with E-state index in [2.05, 4.69) is 4.74 Å². The lowest BCUT2D eigenvalue weighted by atomic mass is 10.1. The minimum Gasteiger partial charge on any atom is -0.458 e. The van der Waals surface area contributed by atoms with Crippen LogP contribution in [-0.4, -0.2) is 63.7 Å². The molecule has 0 aliphatic heterocycles. The second kappa shape index (κ2) is 10.7. The Morgan fingerprint density at radius 2 is 1.75 bits per heavy atom. The predicted octanol–water partition coefficient (Wildman–Crippen LogP) is -0.856. The van der Waals surface area contributed by atoms with Crippen molar-refractivity contribution in [1.29, 1.82) is 0 Å². The Kier molecular flexibility index (Phi) is 10.2. The molecule has 0 aliphatic rings. The van der Waals surface area contributed by atoms with Gasteiger partial charge in [0.05, 0.1) is 6.61 Å². The summed E-state index contributed by atoms with van der Waals surface area (Å²) in [6.07, 6.45) is -1.48. The van der Waals surface area contributed by atoms with Gasteiger partial charge in [-0.2, -0.15) is 0 Å². The number of aliphatic hydroxyl groups excluding tert-OH is 4. The standard InChI is InChI=1S/C13H24O7/c1-2-3-4-5-6-11(17)20-8-10(16)13(19)12(18)9(15)7-14/h9,12-15,18-19H,2-8H2,1H3/t9-,12-,13-/m1/s1. The van der Waals surface area contributed by atoms with Crippen LogP contribution in [0.25, 0.3) is 0 Å². The predicted molar refractivity (Wildman–Crippen MR) is 69.8 cm³/mol. The smallest absolute Gasteiger partial charge is 0.306 e. The second-order valence-corrected chi connectivity index (χ2v) is 4.62. The number of unbranched alkanes of at least 4 members (excludes halogenated alkanes) is 3. The fourth-order valence-electron chi connectivity index (χ4n) is 1.51. The molecule has 0 aromatic heterocycles. The van der Waals surface area contributed by atoms with Crippen molar-refractivity contribution < 1.29 is 34.8 Å². The van der Waals surface area contributed by atoms with Gasteiger partial charge < -0.3 is 25.2 Å². The first-order chi connectivity index (χ1) is 9.43. The lowest BCUT2D eigenvalue weighted by Gasteiger charge is -2.20. The topological polar surface area (TPSA) is 124 Å². The minimum atomic E-state index is -1.90. The van der Waals surface area contributed by atoms with Crippen molar-refractivity contribution in [2.24, 2.45) is 0 Å². The van der Waals surface area contributed by atoms with E-state index in [-0.39, 0.29) is 6.42 Å². The van der Waals surface area contributed by atoms with E-state index in [1.165, 1.54) is 0 Å². The molecule has 3 atom stereocenters. The molecular formula is C13H24O7. The number of carbonyl (C=O) groups is 2. The number of hydrogen-bond acceptors (Lipinski definition) is 7. The third-order valence-electron chi connectivity index (χ3n) is 2.84. The summed E-state index contributed by atoms with van der Waals surface area (Å²) in [7, 11) is 0. The minimum absolute atomic E-state index is 0.200. The SMILES string of the molecule is CCCCCCC(=O)OCC(=O)[C@@H](O)[C@H](O)[C@H](O)CO. The van der Waals surface area contributed by atoms with E-state index in [1.807, 2.05) is 6.92 Å². The molecule has 0 radical (unpaired) electrons. The Labute approximate surface area is 118 Å². The second-order valence-electron chi connectivity index (χ2n) is 4.62. The highest BCUT2D eigenvalue weighted by atomic mass is 16.5. The number of ketones is 1. The molecule has 0 heterocycles. The Morgan fingerprint density at radius 3 is 2.30 bits per heavy atom. The summed E-state index contributed by atoms with van der Waals surface area (Å²) in [6, 6.07) is 0. The van der Waals surface area contributed by atoms with Crippen LogP contribution in [0.1, 0.15) is 39.0 Å². The van der Waals surface area contributed by atoms with Crippen LogP contribution in [0, 0.1) is 0 Å². The summed E-state index contributed by atoms with van der Waals surface area (Å²) in [5.74, 6) is -1.47. The van der Waals surface area contributed by atoms with Crippen LogP contribution in [0.15, 0.2) is 0 Å². The van der Waals surface area contributed by atoms with Crippen molar-refractivity contribution in [2.45, 2.75) is 57.3 Å². The van der Waals surface area contributed by atoms with E-state index in [0.29, 0.717) is 6.42 Å². The number of carbonyl (C=O) groups excluding carboxylic acids is 2. The van der Waals surface area contributed by atoms with Crippen LogP contribution in [0.5, 0.6) is 0 Å². The Hall–Kier alpha value is -1.02. The molecule has 4 N–H and O–H groups in total. The third kappa shape index (κ3) is 7.54. The number of Topliss-reactive ketones (excluding diaryl/α,β-unsaturated/α-hetero) is 1. The summed E-state index contributed by atoms with van der Waals surface area (Å²) in [5.41, 5.74) is 0. The van der Waals surface area contributed by atoms with E-state index in [4.69, 9.17) is 10.2 Å². The van der Waals surface area contributed by atoms with Crippen molar-refractivity contribution in [3.8, 4) is 0 Å². The molecule has 0 unspecified atom stereocenters. The maximum Gasteiger partial charge on any atom is 0.306 e. The highest BCUT2D eigenvalue weighted by molar-refractivity contribution is 5.86. The third-order valence-corrected chi connectivity index (χ3v) is 2.84. The van der Waals surface area contributed by atoms with Crippen molar-refractivity contribution >= 4 is 11.8 Å². The number of rotatable bonds is 11. The van der Waals surface area contributed by atoms with E-state index >= 15 is 0 Å². The molecule has 0 spiro atoms. The molecule has 0 saturated heterocycles. The van der Waals surface area contributed by atoms with Crippen LogP contribution in [0.3, 0.4) is 0 Å². The van der Waals surface area contributed by atoms with Gasteiger partial charge in [0.25, 0.3) is 0 Å². The molecule has 0 rings (SSSR count). The highest BCUT2D eigenvalue weighted by Crippen LogP contribution is 2.05. The summed E-state index contributed by atoms with van der Waals surface area (Å²) in [5, 5.41) is 36.3. The van der Waals surface area contributed by atoms with Crippen LogP contribution >= 0.6 is 0 Å². The van der Waals surface area contributed by atoms with Gasteiger partial charge >= 0.3 is 5.97 Å². The van der Waals surface area contributed by atoms with E-state index in [0.717, 1.165) is 19.3 Å². The maximum atomic E-state index is 11.4. The first-order valence-electron chi connectivity index (χ1n) is 6.77. The molecule has 7 nitrogen and oxygen atoms in total. The molecule has 0 aliphatic carbocycles. The molecule has 0 aromatic carbocycles. The van der Waals surface area contributed by atoms with Gasteiger partial charge in [0, 0.05) is 6.42 Å². The normalized spacial score (nSPS) is 15.4. The fourth-order valence-corrected chi connectivity index (χ4v) is 1.51. The van der Waals surface area contributed by atoms with Gasteiger partial charge in [0.2, 0.25) is 5.78 Å². The van der Waals surface area contributed by atoms with Crippen LogP contribution < -0.4 is 0 Å². The van der Waals surface area contributed by atoms with Crippen LogP contribution in [0.2, 0.25) is 0 Å². The molecule has 0 saturated carbocycles. The van der Waals surface area contributed by atoms with Crippen molar-refractivity contribution in [3.05, 3.63) is 0 Å².